The number of hydrogen-bond donors (Lipinski definition) is 0. The van der Waals surface area contributed by atoms with Crippen LogP contribution in [0.25, 0.3) is 65.7 Å². The van der Waals surface area contributed by atoms with E-state index in [0.29, 0.717) is 0 Å². The highest BCUT2D eigenvalue weighted by Crippen LogP contribution is 2.41. The van der Waals surface area contributed by atoms with Crippen LogP contribution in [0.3, 0.4) is 0 Å². The summed E-state index contributed by atoms with van der Waals surface area (Å²) >= 11 is 0. The smallest absolute Gasteiger partial charge is 0.101 e. The summed E-state index contributed by atoms with van der Waals surface area (Å²) in [6, 6.07) is 35.8. The molecule has 0 spiro atoms. The van der Waals surface area contributed by atoms with Crippen molar-refractivity contribution in [3.8, 4) is 33.4 Å². The third kappa shape index (κ3) is 4.26. The quantitative estimate of drug-likeness (QED) is 0.156. The number of hydrogen-bond acceptors (Lipinski definition) is 0. The van der Waals surface area contributed by atoms with Gasteiger partial charge in [-0.3, -0.25) is 0 Å². The van der Waals surface area contributed by atoms with Gasteiger partial charge >= 0.3 is 0 Å². The van der Waals surface area contributed by atoms with Crippen LogP contribution < -0.4 is 43.7 Å². The van der Waals surface area contributed by atoms with Crippen LogP contribution in [0.1, 0.15) is 0 Å². The lowest BCUT2D eigenvalue weighted by Gasteiger charge is -2.28. The van der Waals surface area contributed by atoms with Crippen molar-refractivity contribution >= 4 is 139 Å². The summed E-state index contributed by atoms with van der Waals surface area (Å²) in [5.41, 5.74) is 18.9. The average Bonchev–Trinajstić information content (AvgIpc) is 3.06. The molecule has 7 aromatic rings. The largest absolute Gasteiger partial charge is 0.139 e. The van der Waals surface area contributed by atoms with Crippen LogP contribution in [0.5, 0.6) is 0 Å². The Balaban J connectivity index is 1.71. The molecule has 8 heteroatoms. The number of rotatable bonds is 3. The molecule has 0 amide bonds. The molecule has 0 fully saturated rings. The predicted octanol–water partition coefficient (Wildman–Crippen LogP) is -3.79. The molecule has 0 heterocycles. The van der Waals surface area contributed by atoms with Crippen LogP contribution in [-0.2, 0) is 0 Å². The summed E-state index contributed by atoms with van der Waals surface area (Å²) in [6.45, 7) is 0. The van der Waals surface area contributed by atoms with Gasteiger partial charge in [-0.15, -0.1) is 21.9 Å². The van der Waals surface area contributed by atoms with Gasteiger partial charge in [-0.1, -0.05) is 113 Å². The molecule has 0 saturated heterocycles. The Morgan fingerprint density at radius 3 is 1.14 bits per heavy atom. The van der Waals surface area contributed by atoms with E-state index in [1.807, 2.05) is 0 Å². The second-order valence-corrected chi connectivity index (χ2v) is 12.8. The molecular formula is C36H32B8. The molecule has 0 radical (unpaired) electrons. The summed E-state index contributed by atoms with van der Waals surface area (Å²) in [4.78, 5) is 0. The zero-order chi connectivity index (χ0) is 30.9. The maximum atomic E-state index is 2.41. The fourth-order valence-electron chi connectivity index (χ4n) is 7.51. The van der Waals surface area contributed by atoms with Gasteiger partial charge in [-0.05, 0) is 71.8 Å². The Kier molecular flexibility index (Phi) is 7.00. The first-order valence-electron chi connectivity index (χ1n) is 15.8. The molecule has 0 aliphatic rings. The fourth-order valence-corrected chi connectivity index (χ4v) is 7.51. The van der Waals surface area contributed by atoms with Crippen molar-refractivity contribution in [3.63, 3.8) is 0 Å². The minimum absolute atomic E-state index is 1.25. The van der Waals surface area contributed by atoms with Gasteiger partial charge in [-0.25, -0.2) is 0 Å². The van der Waals surface area contributed by atoms with Crippen LogP contribution in [0.4, 0.5) is 0 Å². The van der Waals surface area contributed by atoms with Crippen molar-refractivity contribution in [2.45, 2.75) is 0 Å². The Morgan fingerprint density at radius 1 is 0.273 bits per heavy atom. The van der Waals surface area contributed by atoms with Crippen molar-refractivity contribution in [1.29, 1.82) is 0 Å². The number of fused-ring (bicyclic) bond motifs is 3. The SMILES string of the molecule is Bc1c(B)c(B)c2c(-c3ccc4ccccc4c3)c3c(B)c(B)c(B)c(B)c3c(-c3ccc(-c4ccccc4)cc3)c2c1B. The summed E-state index contributed by atoms with van der Waals surface area (Å²) in [5.74, 6) is 0. The van der Waals surface area contributed by atoms with Crippen LogP contribution in [-0.4, -0.2) is 62.8 Å². The molecule has 0 atom stereocenters. The topological polar surface area (TPSA) is 0 Å². The maximum Gasteiger partial charge on any atom is 0.139 e. The van der Waals surface area contributed by atoms with Crippen molar-refractivity contribution in [2.75, 3.05) is 0 Å². The van der Waals surface area contributed by atoms with Crippen molar-refractivity contribution in [3.05, 3.63) is 97.1 Å². The van der Waals surface area contributed by atoms with E-state index in [0.717, 1.165) is 0 Å². The first-order chi connectivity index (χ1) is 21.2. The second-order valence-electron chi connectivity index (χ2n) is 12.8. The van der Waals surface area contributed by atoms with E-state index in [-0.39, 0.29) is 0 Å². The van der Waals surface area contributed by atoms with Crippen LogP contribution in [0.15, 0.2) is 97.1 Å². The summed E-state index contributed by atoms with van der Waals surface area (Å²) in [6.07, 6.45) is 0. The molecule has 200 valence electrons. The molecule has 0 aliphatic heterocycles. The average molecular weight is 551 g/mol. The highest BCUT2D eigenvalue weighted by molar-refractivity contribution is 6.71. The molecule has 0 unspecified atom stereocenters. The molecule has 44 heavy (non-hydrogen) atoms. The van der Waals surface area contributed by atoms with E-state index in [1.165, 1.54) is 109 Å². The van der Waals surface area contributed by atoms with Crippen LogP contribution in [0.2, 0.25) is 0 Å². The molecule has 0 nitrogen and oxygen atoms in total. The summed E-state index contributed by atoms with van der Waals surface area (Å²) in [5, 5.41) is 8.12. The van der Waals surface area contributed by atoms with E-state index in [9.17, 15) is 0 Å². The van der Waals surface area contributed by atoms with Crippen LogP contribution >= 0.6 is 0 Å². The minimum atomic E-state index is 1.25. The molecule has 0 aromatic heterocycles. The maximum absolute atomic E-state index is 2.41. The van der Waals surface area contributed by atoms with Gasteiger partial charge in [0.15, 0.2) is 0 Å². The van der Waals surface area contributed by atoms with Gasteiger partial charge in [0.25, 0.3) is 0 Å². The number of benzene rings is 7. The third-order valence-electron chi connectivity index (χ3n) is 10.7. The van der Waals surface area contributed by atoms with E-state index in [1.54, 1.807) is 0 Å². The highest BCUT2D eigenvalue weighted by atomic mass is 14.2. The third-order valence-corrected chi connectivity index (χ3v) is 10.7. The Bertz CT molecular complexity index is 2210. The molecule has 0 aliphatic carbocycles. The minimum Gasteiger partial charge on any atom is -0.101 e. The van der Waals surface area contributed by atoms with Crippen molar-refractivity contribution in [2.24, 2.45) is 0 Å². The van der Waals surface area contributed by atoms with Crippen molar-refractivity contribution < 1.29 is 0 Å². The second kappa shape index (κ2) is 10.8. The fraction of sp³-hybridized carbons (Fsp3) is 0. The van der Waals surface area contributed by atoms with Gasteiger partial charge in [0.1, 0.15) is 62.8 Å². The van der Waals surface area contributed by atoms with Gasteiger partial charge in [0.2, 0.25) is 0 Å². The molecule has 7 aromatic carbocycles. The lowest BCUT2D eigenvalue weighted by Crippen LogP contribution is -2.50. The van der Waals surface area contributed by atoms with Gasteiger partial charge in [-0.2, -0.15) is 0 Å². The Labute approximate surface area is 268 Å². The standard InChI is InChI=1S/C36H32B8/c37-29-25-23(20-13-10-19(11-14-20)17-6-2-1-3-7-17)26-28(32(40)36(44)34(42)30(26)38)24(27(25)31(39)35(43)33(29)41)22-15-12-18-8-4-5-9-21(18)16-22/h1-16H,37-44H2. The van der Waals surface area contributed by atoms with E-state index < -0.39 is 0 Å². The summed E-state index contributed by atoms with van der Waals surface area (Å²) in [7, 11) is 18.6. The van der Waals surface area contributed by atoms with E-state index in [4.69, 9.17) is 0 Å². The molecule has 0 bridgehead atoms. The Hall–Kier alpha value is -4.16. The van der Waals surface area contributed by atoms with Crippen LogP contribution in [0, 0.1) is 0 Å². The zero-order valence-corrected chi connectivity index (χ0v) is 27.2. The van der Waals surface area contributed by atoms with E-state index in [2.05, 4.69) is 160 Å². The van der Waals surface area contributed by atoms with E-state index >= 15 is 0 Å². The van der Waals surface area contributed by atoms with Gasteiger partial charge in [0.05, 0.1) is 0 Å². The zero-order valence-electron chi connectivity index (χ0n) is 27.2. The summed E-state index contributed by atoms with van der Waals surface area (Å²) < 4.78 is 0. The molecule has 0 N–H and O–H groups in total. The molecule has 7 rings (SSSR count). The van der Waals surface area contributed by atoms with Gasteiger partial charge < -0.3 is 0 Å². The first-order valence-corrected chi connectivity index (χ1v) is 15.8. The first kappa shape index (κ1) is 28.6. The normalized spacial score (nSPS) is 11.5. The predicted molar refractivity (Wildman–Crippen MR) is 221 cm³/mol. The highest BCUT2D eigenvalue weighted by Gasteiger charge is 2.25. The Morgan fingerprint density at radius 2 is 0.636 bits per heavy atom. The lowest BCUT2D eigenvalue weighted by molar-refractivity contribution is 1.62. The molecule has 0 saturated carbocycles. The molecular weight excluding hydrogens is 519 g/mol. The van der Waals surface area contributed by atoms with Gasteiger partial charge in [0, 0.05) is 0 Å². The lowest BCUT2D eigenvalue weighted by atomic mass is 9.59. The monoisotopic (exact) mass is 552 g/mol. The van der Waals surface area contributed by atoms with Crippen molar-refractivity contribution in [1.82, 2.24) is 0 Å².